The van der Waals surface area contributed by atoms with Crippen molar-refractivity contribution in [1.29, 1.82) is 0 Å². The fourth-order valence-corrected chi connectivity index (χ4v) is 2.67. The van der Waals surface area contributed by atoms with Gasteiger partial charge in [-0.1, -0.05) is 36.4 Å². The van der Waals surface area contributed by atoms with E-state index >= 15 is 0 Å². The average molecular weight is 259 g/mol. The van der Waals surface area contributed by atoms with Crippen LogP contribution in [0, 0.1) is 0 Å². The van der Waals surface area contributed by atoms with E-state index in [9.17, 15) is 0 Å². The van der Waals surface area contributed by atoms with Crippen LogP contribution in [-0.2, 0) is 0 Å². The second-order valence-electron chi connectivity index (χ2n) is 3.97. The Balaban J connectivity index is 2.01. The minimum atomic E-state index is -0.0219. The summed E-state index contributed by atoms with van der Waals surface area (Å²) in [5, 5.41) is 0. The first kappa shape index (κ1) is 13.0. The Morgan fingerprint density at radius 1 is 1.06 bits per heavy atom. The van der Waals surface area contributed by atoms with Crippen LogP contribution in [0.25, 0.3) is 0 Å². The lowest BCUT2D eigenvalue weighted by Gasteiger charge is -2.15. The van der Waals surface area contributed by atoms with E-state index in [1.54, 1.807) is 18.9 Å². The molecule has 0 bridgehead atoms. The predicted octanol–water partition coefficient (Wildman–Crippen LogP) is 3.49. The van der Waals surface area contributed by atoms with Gasteiger partial charge in [0.05, 0.1) is 7.11 Å². The minimum Gasteiger partial charge on any atom is -0.496 e. The van der Waals surface area contributed by atoms with Crippen molar-refractivity contribution in [3.8, 4) is 5.75 Å². The van der Waals surface area contributed by atoms with E-state index in [1.807, 2.05) is 42.5 Å². The van der Waals surface area contributed by atoms with Gasteiger partial charge in [0.15, 0.2) is 0 Å². The van der Waals surface area contributed by atoms with E-state index in [0.717, 1.165) is 17.1 Å². The molecule has 0 aliphatic rings. The zero-order valence-electron chi connectivity index (χ0n) is 10.4. The number of thioether (sulfide) groups is 1. The molecule has 18 heavy (non-hydrogen) atoms. The SMILES string of the molecule is COc1ccccc1C(N)CSc1ccccc1. The van der Waals surface area contributed by atoms with E-state index in [0.29, 0.717) is 0 Å². The van der Waals surface area contributed by atoms with Gasteiger partial charge in [0.2, 0.25) is 0 Å². The molecule has 2 nitrogen and oxygen atoms in total. The van der Waals surface area contributed by atoms with Crippen LogP contribution in [0.4, 0.5) is 0 Å². The van der Waals surface area contributed by atoms with Crippen LogP contribution < -0.4 is 10.5 Å². The number of ether oxygens (including phenoxy) is 1. The molecule has 94 valence electrons. The summed E-state index contributed by atoms with van der Waals surface area (Å²) in [6.45, 7) is 0. The third-order valence-electron chi connectivity index (χ3n) is 2.71. The number of methoxy groups -OCH3 is 1. The number of hydrogen-bond donors (Lipinski definition) is 1. The molecule has 1 unspecified atom stereocenters. The Hall–Kier alpha value is -1.45. The third-order valence-corrected chi connectivity index (χ3v) is 3.84. The van der Waals surface area contributed by atoms with Gasteiger partial charge in [0, 0.05) is 22.3 Å². The lowest BCUT2D eigenvalue weighted by Crippen LogP contribution is -2.14. The zero-order valence-corrected chi connectivity index (χ0v) is 11.2. The quantitative estimate of drug-likeness (QED) is 0.835. The molecule has 0 aromatic heterocycles. The molecule has 0 fully saturated rings. The molecule has 0 radical (unpaired) electrons. The first-order valence-corrected chi connectivity index (χ1v) is 6.86. The summed E-state index contributed by atoms with van der Waals surface area (Å²) < 4.78 is 5.33. The molecule has 2 N–H and O–H groups in total. The molecule has 0 saturated heterocycles. The minimum absolute atomic E-state index is 0.0219. The highest BCUT2D eigenvalue weighted by Gasteiger charge is 2.11. The largest absolute Gasteiger partial charge is 0.496 e. The summed E-state index contributed by atoms with van der Waals surface area (Å²) in [5.41, 5.74) is 7.28. The van der Waals surface area contributed by atoms with Gasteiger partial charge >= 0.3 is 0 Å². The molecule has 0 heterocycles. The molecular weight excluding hydrogens is 242 g/mol. The summed E-state index contributed by atoms with van der Waals surface area (Å²) >= 11 is 1.76. The van der Waals surface area contributed by atoms with Gasteiger partial charge in [-0.25, -0.2) is 0 Å². The van der Waals surface area contributed by atoms with Crippen LogP contribution in [0.2, 0.25) is 0 Å². The number of rotatable bonds is 5. The Labute approximate surface area is 112 Å². The van der Waals surface area contributed by atoms with E-state index in [-0.39, 0.29) is 6.04 Å². The van der Waals surface area contributed by atoms with Crippen molar-refractivity contribution in [3.63, 3.8) is 0 Å². The van der Waals surface area contributed by atoms with Gasteiger partial charge < -0.3 is 10.5 Å². The maximum Gasteiger partial charge on any atom is 0.123 e. The maximum absolute atomic E-state index is 6.22. The lowest BCUT2D eigenvalue weighted by molar-refractivity contribution is 0.407. The summed E-state index contributed by atoms with van der Waals surface area (Å²) in [6.07, 6.45) is 0. The first-order chi connectivity index (χ1) is 8.81. The van der Waals surface area contributed by atoms with E-state index in [4.69, 9.17) is 10.5 Å². The van der Waals surface area contributed by atoms with Gasteiger partial charge in [-0.15, -0.1) is 11.8 Å². The first-order valence-electron chi connectivity index (χ1n) is 5.87. The van der Waals surface area contributed by atoms with Crippen LogP contribution in [0.1, 0.15) is 11.6 Å². The molecule has 0 amide bonds. The number of benzene rings is 2. The molecule has 0 spiro atoms. The van der Waals surface area contributed by atoms with E-state index in [1.165, 1.54) is 4.90 Å². The zero-order chi connectivity index (χ0) is 12.8. The molecule has 0 aliphatic heterocycles. The van der Waals surface area contributed by atoms with Gasteiger partial charge in [-0.05, 0) is 18.2 Å². The number of nitrogens with two attached hydrogens (primary N) is 1. The summed E-state index contributed by atoms with van der Waals surface area (Å²) in [5.74, 6) is 1.70. The van der Waals surface area contributed by atoms with Crippen LogP contribution in [0.3, 0.4) is 0 Å². The van der Waals surface area contributed by atoms with Gasteiger partial charge in [0.1, 0.15) is 5.75 Å². The van der Waals surface area contributed by atoms with Crippen molar-refractivity contribution in [2.75, 3.05) is 12.9 Å². The fourth-order valence-electron chi connectivity index (χ4n) is 1.77. The topological polar surface area (TPSA) is 35.2 Å². The fraction of sp³-hybridized carbons (Fsp3) is 0.200. The van der Waals surface area contributed by atoms with E-state index < -0.39 is 0 Å². The molecule has 2 aromatic carbocycles. The molecule has 2 aromatic rings. The van der Waals surface area contributed by atoms with Gasteiger partial charge in [-0.3, -0.25) is 0 Å². The highest BCUT2D eigenvalue weighted by atomic mass is 32.2. The molecule has 0 saturated carbocycles. The monoisotopic (exact) mass is 259 g/mol. The Morgan fingerprint density at radius 3 is 2.44 bits per heavy atom. The lowest BCUT2D eigenvalue weighted by atomic mass is 10.1. The average Bonchev–Trinajstić information content (AvgIpc) is 2.45. The Morgan fingerprint density at radius 2 is 1.72 bits per heavy atom. The van der Waals surface area contributed by atoms with Gasteiger partial charge in [-0.2, -0.15) is 0 Å². The van der Waals surface area contributed by atoms with Crippen molar-refractivity contribution in [2.24, 2.45) is 5.73 Å². The Kier molecular flexibility index (Phi) is 4.67. The second kappa shape index (κ2) is 6.47. The summed E-state index contributed by atoms with van der Waals surface area (Å²) in [6, 6.07) is 18.2. The highest BCUT2D eigenvalue weighted by molar-refractivity contribution is 7.99. The standard InChI is InChI=1S/C15H17NOS/c1-17-15-10-6-5-9-13(15)14(16)11-18-12-7-3-2-4-8-12/h2-10,14H,11,16H2,1H3. The molecule has 1 atom stereocenters. The number of para-hydroxylation sites is 1. The molecule has 0 aliphatic carbocycles. The van der Waals surface area contributed by atoms with Crippen molar-refractivity contribution in [1.82, 2.24) is 0 Å². The van der Waals surface area contributed by atoms with Crippen molar-refractivity contribution in [2.45, 2.75) is 10.9 Å². The van der Waals surface area contributed by atoms with Crippen molar-refractivity contribution >= 4 is 11.8 Å². The summed E-state index contributed by atoms with van der Waals surface area (Å²) in [7, 11) is 1.68. The van der Waals surface area contributed by atoms with Crippen LogP contribution >= 0.6 is 11.8 Å². The van der Waals surface area contributed by atoms with Crippen LogP contribution in [0.5, 0.6) is 5.75 Å². The maximum atomic E-state index is 6.22. The van der Waals surface area contributed by atoms with Gasteiger partial charge in [0.25, 0.3) is 0 Å². The van der Waals surface area contributed by atoms with Crippen LogP contribution in [0.15, 0.2) is 59.5 Å². The highest BCUT2D eigenvalue weighted by Crippen LogP contribution is 2.28. The van der Waals surface area contributed by atoms with Crippen LogP contribution in [-0.4, -0.2) is 12.9 Å². The summed E-state index contributed by atoms with van der Waals surface area (Å²) in [4.78, 5) is 1.24. The molecule has 2 rings (SSSR count). The smallest absolute Gasteiger partial charge is 0.123 e. The molecular formula is C15H17NOS. The number of hydrogen-bond acceptors (Lipinski definition) is 3. The normalized spacial score (nSPS) is 12.1. The Bertz CT molecular complexity index is 487. The van der Waals surface area contributed by atoms with Crippen molar-refractivity contribution < 1.29 is 4.74 Å². The van der Waals surface area contributed by atoms with Crippen molar-refractivity contribution in [3.05, 3.63) is 60.2 Å². The predicted molar refractivity (Wildman–Crippen MR) is 77.1 cm³/mol. The third kappa shape index (κ3) is 3.28. The second-order valence-corrected chi connectivity index (χ2v) is 5.07. The van der Waals surface area contributed by atoms with E-state index in [2.05, 4.69) is 12.1 Å². The molecule has 3 heteroatoms.